The van der Waals surface area contributed by atoms with Crippen LogP contribution in [0, 0.1) is 0 Å². The van der Waals surface area contributed by atoms with Crippen molar-refractivity contribution < 1.29 is 4.42 Å². The Bertz CT molecular complexity index is 2030. The second-order valence-corrected chi connectivity index (χ2v) is 10.3. The Morgan fingerprint density at radius 1 is 0.568 bits per heavy atom. The smallest absolute Gasteiger partial charge is 0.138 e. The molecule has 0 amide bonds. The highest BCUT2D eigenvalue weighted by atomic mass is 16.3. The second kappa shape index (κ2) is 8.08. The highest BCUT2D eigenvalue weighted by Crippen LogP contribution is 2.38. The quantitative estimate of drug-likeness (QED) is 0.231. The lowest BCUT2D eigenvalue weighted by Crippen LogP contribution is -2.26. The third-order valence-electron chi connectivity index (χ3n) is 8.22. The van der Waals surface area contributed by atoms with Crippen LogP contribution in [0.1, 0.15) is 36.0 Å². The molecule has 0 atom stereocenters. The Kier molecular flexibility index (Phi) is 4.54. The summed E-state index contributed by atoms with van der Waals surface area (Å²) in [6.45, 7) is 0. The average molecular weight is 475 g/mol. The monoisotopic (exact) mass is 474 g/mol. The SMILES string of the molecule is C1=Cc2c(c3ccccc3c3ccc(-c4cccc(C5=c6oc7ccccc7c6=CCC5)c4)cc23)CC1. The van der Waals surface area contributed by atoms with E-state index in [1.165, 1.54) is 65.5 Å². The second-order valence-electron chi connectivity index (χ2n) is 10.3. The Morgan fingerprint density at radius 3 is 2.30 bits per heavy atom. The van der Waals surface area contributed by atoms with Crippen LogP contribution in [0.25, 0.3) is 61.4 Å². The first-order chi connectivity index (χ1) is 18.3. The van der Waals surface area contributed by atoms with Crippen molar-refractivity contribution in [2.45, 2.75) is 25.7 Å². The minimum absolute atomic E-state index is 0.971. The molecule has 2 aliphatic carbocycles. The highest BCUT2D eigenvalue weighted by molar-refractivity contribution is 6.13. The largest absolute Gasteiger partial charge is 0.456 e. The van der Waals surface area contributed by atoms with Crippen LogP contribution in [-0.4, -0.2) is 0 Å². The molecular formula is C36H26O. The molecule has 1 nitrogen and oxygen atoms in total. The van der Waals surface area contributed by atoms with E-state index in [-0.39, 0.29) is 0 Å². The average Bonchev–Trinajstić information content (AvgIpc) is 3.36. The van der Waals surface area contributed by atoms with Crippen molar-refractivity contribution >= 4 is 50.2 Å². The fourth-order valence-electron chi connectivity index (χ4n) is 6.49. The van der Waals surface area contributed by atoms with Gasteiger partial charge in [-0.25, -0.2) is 0 Å². The Hall–Kier alpha value is -4.36. The zero-order chi connectivity index (χ0) is 24.3. The van der Waals surface area contributed by atoms with Gasteiger partial charge in [-0.05, 0) is 93.2 Å². The van der Waals surface area contributed by atoms with Gasteiger partial charge in [0.2, 0.25) is 0 Å². The number of benzene rings is 5. The molecule has 1 heterocycles. The van der Waals surface area contributed by atoms with Crippen LogP contribution in [0.15, 0.2) is 101 Å². The van der Waals surface area contributed by atoms with Gasteiger partial charge >= 0.3 is 0 Å². The zero-order valence-corrected chi connectivity index (χ0v) is 20.6. The van der Waals surface area contributed by atoms with Crippen LogP contribution in [-0.2, 0) is 6.42 Å². The van der Waals surface area contributed by atoms with Crippen molar-refractivity contribution in [3.8, 4) is 11.1 Å². The molecule has 8 rings (SSSR count). The number of furan rings is 1. The summed E-state index contributed by atoms with van der Waals surface area (Å²) in [5.74, 6) is 0. The van der Waals surface area contributed by atoms with Crippen molar-refractivity contribution in [1.29, 1.82) is 0 Å². The van der Waals surface area contributed by atoms with Crippen molar-refractivity contribution in [1.82, 2.24) is 0 Å². The maximum absolute atomic E-state index is 6.39. The molecular weight excluding hydrogens is 448 g/mol. The zero-order valence-electron chi connectivity index (χ0n) is 20.6. The third kappa shape index (κ3) is 3.17. The van der Waals surface area contributed by atoms with Crippen molar-refractivity contribution in [2.75, 3.05) is 0 Å². The molecule has 0 unspecified atom stereocenters. The topological polar surface area (TPSA) is 13.1 Å². The Labute approximate surface area is 215 Å². The summed E-state index contributed by atoms with van der Waals surface area (Å²) in [6, 6.07) is 33.3. The van der Waals surface area contributed by atoms with Gasteiger partial charge in [0.15, 0.2) is 0 Å². The van der Waals surface area contributed by atoms with Crippen LogP contribution in [0.3, 0.4) is 0 Å². The van der Waals surface area contributed by atoms with E-state index in [1.54, 1.807) is 0 Å². The van der Waals surface area contributed by atoms with Crippen molar-refractivity contribution in [3.63, 3.8) is 0 Å². The molecule has 0 N–H and O–H groups in total. The summed E-state index contributed by atoms with van der Waals surface area (Å²) in [6.07, 6.45) is 11.3. The maximum Gasteiger partial charge on any atom is 0.138 e. The maximum atomic E-state index is 6.39. The van der Waals surface area contributed by atoms with Gasteiger partial charge in [-0.1, -0.05) is 91.0 Å². The summed E-state index contributed by atoms with van der Waals surface area (Å²) >= 11 is 0. The first-order valence-electron chi connectivity index (χ1n) is 13.3. The van der Waals surface area contributed by atoms with Crippen molar-refractivity contribution in [2.24, 2.45) is 0 Å². The molecule has 0 bridgehead atoms. The van der Waals surface area contributed by atoms with Gasteiger partial charge in [-0.2, -0.15) is 0 Å². The minimum Gasteiger partial charge on any atom is -0.456 e. The summed E-state index contributed by atoms with van der Waals surface area (Å²) in [4.78, 5) is 0. The molecule has 0 saturated heterocycles. The van der Waals surface area contributed by atoms with Gasteiger partial charge in [0, 0.05) is 16.2 Å². The molecule has 1 heteroatoms. The van der Waals surface area contributed by atoms with Crippen LogP contribution < -0.4 is 10.6 Å². The molecule has 176 valence electrons. The lowest BCUT2D eigenvalue weighted by atomic mass is 9.85. The van der Waals surface area contributed by atoms with E-state index in [2.05, 4.69) is 109 Å². The fourth-order valence-corrected chi connectivity index (χ4v) is 6.49. The molecule has 0 fully saturated rings. The predicted octanol–water partition coefficient (Wildman–Crippen LogP) is 8.14. The molecule has 5 aromatic carbocycles. The number of aryl methyl sites for hydroxylation is 1. The molecule has 0 saturated carbocycles. The first kappa shape index (κ1) is 20.8. The number of fused-ring (bicyclic) bond motifs is 9. The van der Waals surface area contributed by atoms with Gasteiger partial charge in [-0.3, -0.25) is 0 Å². The van der Waals surface area contributed by atoms with Gasteiger partial charge in [0.05, 0.1) is 0 Å². The van der Waals surface area contributed by atoms with E-state index in [9.17, 15) is 0 Å². The Morgan fingerprint density at radius 2 is 1.35 bits per heavy atom. The van der Waals surface area contributed by atoms with E-state index >= 15 is 0 Å². The number of para-hydroxylation sites is 1. The van der Waals surface area contributed by atoms with Gasteiger partial charge in [0.25, 0.3) is 0 Å². The number of hydrogen-bond donors (Lipinski definition) is 0. The van der Waals surface area contributed by atoms with E-state index < -0.39 is 0 Å². The molecule has 6 aromatic rings. The minimum atomic E-state index is 0.971. The van der Waals surface area contributed by atoms with Crippen LogP contribution in [0.2, 0.25) is 0 Å². The predicted molar refractivity (Wildman–Crippen MR) is 156 cm³/mol. The number of allylic oxidation sites excluding steroid dienone is 1. The molecule has 0 spiro atoms. The Balaban J connectivity index is 1.33. The summed E-state index contributed by atoms with van der Waals surface area (Å²) in [7, 11) is 0. The molecule has 0 radical (unpaired) electrons. The standard InChI is InChI=1S/C36H26O/c1-2-13-29-27(11-1)28-12-3-4-14-30(28)34-22-24(19-20-31(29)34)23-9-7-10-25(21-23)26-16-8-17-33-32-15-5-6-18-35(32)37-36(26)33/h1-2,4-7,9-11,13-15,17-22H,3,8,12,16H2. The summed E-state index contributed by atoms with van der Waals surface area (Å²) in [5.41, 5.74) is 9.96. The lowest BCUT2D eigenvalue weighted by Gasteiger charge is -2.18. The van der Waals surface area contributed by atoms with E-state index in [0.717, 1.165) is 36.7 Å². The molecule has 0 aliphatic heterocycles. The van der Waals surface area contributed by atoms with Gasteiger partial charge in [-0.15, -0.1) is 0 Å². The summed E-state index contributed by atoms with van der Waals surface area (Å²) < 4.78 is 6.39. The third-order valence-corrected chi connectivity index (χ3v) is 8.22. The highest BCUT2D eigenvalue weighted by Gasteiger charge is 2.17. The lowest BCUT2D eigenvalue weighted by molar-refractivity contribution is 0.568. The summed E-state index contributed by atoms with van der Waals surface area (Å²) in [5, 5.41) is 7.91. The van der Waals surface area contributed by atoms with Crippen LogP contribution in [0.4, 0.5) is 0 Å². The van der Waals surface area contributed by atoms with Crippen LogP contribution in [0.5, 0.6) is 0 Å². The van der Waals surface area contributed by atoms with E-state index in [0.29, 0.717) is 0 Å². The normalized spacial score (nSPS) is 14.6. The van der Waals surface area contributed by atoms with E-state index in [4.69, 9.17) is 4.42 Å². The number of rotatable bonds is 2. The fraction of sp³-hybridized carbons (Fsp3) is 0.111. The van der Waals surface area contributed by atoms with Gasteiger partial charge < -0.3 is 4.42 Å². The van der Waals surface area contributed by atoms with Crippen LogP contribution >= 0.6 is 0 Å². The van der Waals surface area contributed by atoms with Crippen molar-refractivity contribution in [3.05, 3.63) is 124 Å². The van der Waals surface area contributed by atoms with Gasteiger partial charge in [0.1, 0.15) is 11.0 Å². The number of hydrogen-bond acceptors (Lipinski definition) is 1. The molecule has 1 aromatic heterocycles. The van der Waals surface area contributed by atoms with E-state index in [1.807, 2.05) is 0 Å². The molecule has 2 aliphatic rings. The molecule has 37 heavy (non-hydrogen) atoms. The first-order valence-corrected chi connectivity index (χ1v) is 13.3.